The minimum absolute atomic E-state index is 0.494. The summed E-state index contributed by atoms with van der Waals surface area (Å²) in [5, 5.41) is 3.56. The Morgan fingerprint density at radius 2 is 2.38 bits per heavy atom. The van der Waals surface area contributed by atoms with Gasteiger partial charge in [-0.1, -0.05) is 11.6 Å². The summed E-state index contributed by atoms with van der Waals surface area (Å²) in [6.45, 7) is 1.18. The number of nitrogens with one attached hydrogen (secondary N) is 1. The Balaban J connectivity index is 2.04. The third-order valence-electron chi connectivity index (χ3n) is 3.22. The van der Waals surface area contributed by atoms with Gasteiger partial charge in [-0.25, -0.2) is 0 Å². The lowest BCUT2D eigenvalue weighted by molar-refractivity contribution is 0.266. The van der Waals surface area contributed by atoms with Crippen LogP contribution >= 0.6 is 22.9 Å². The number of nitrogens with zero attached hydrogens (tertiary/aromatic N) is 1. The Labute approximate surface area is 107 Å². The van der Waals surface area contributed by atoms with Gasteiger partial charge in [-0.3, -0.25) is 0 Å². The first-order valence-corrected chi connectivity index (χ1v) is 7.01. The van der Waals surface area contributed by atoms with Crippen molar-refractivity contribution >= 4 is 22.9 Å². The highest BCUT2D eigenvalue weighted by Crippen LogP contribution is 2.33. The van der Waals surface area contributed by atoms with E-state index in [-0.39, 0.29) is 0 Å². The van der Waals surface area contributed by atoms with Crippen LogP contribution in [0.1, 0.15) is 30.2 Å². The summed E-state index contributed by atoms with van der Waals surface area (Å²) in [4.78, 5) is 3.67. The van der Waals surface area contributed by atoms with Crippen LogP contribution in [-0.4, -0.2) is 31.6 Å². The summed E-state index contributed by atoms with van der Waals surface area (Å²) < 4.78 is 0.890. The molecule has 2 rings (SSSR count). The maximum Gasteiger partial charge on any atom is 0.0931 e. The zero-order valence-electron chi connectivity index (χ0n) is 9.87. The molecule has 1 aromatic rings. The summed E-state index contributed by atoms with van der Waals surface area (Å²) >= 11 is 7.71. The molecule has 1 aliphatic heterocycles. The van der Waals surface area contributed by atoms with Gasteiger partial charge in [0.2, 0.25) is 0 Å². The standard InChI is InChI=1S/C12H19ClN2S/c1-15(2)10(8-9-4-3-7-14-9)11-5-6-12(13)16-11/h5-6,9-10,14H,3-4,7-8H2,1-2H3. The molecule has 4 heteroatoms. The molecule has 2 heterocycles. The van der Waals surface area contributed by atoms with E-state index in [1.165, 1.54) is 30.7 Å². The normalized spacial score (nSPS) is 22.9. The first-order chi connectivity index (χ1) is 7.66. The molecule has 0 saturated carbocycles. The summed E-state index contributed by atoms with van der Waals surface area (Å²) in [7, 11) is 4.29. The van der Waals surface area contributed by atoms with Crippen LogP contribution in [0.15, 0.2) is 12.1 Å². The van der Waals surface area contributed by atoms with Crippen LogP contribution < -0.4 is 5.32 Å². The molecule has 90 valence electrons. The van der Waals surface area contributed by atoms with Crippen molar-refractivity contribution in [2.24, 2.45) is 0 Å². The Kier molecular flexibility index (Phi) is 4.25. The number of rotatable bonds is 4. The van der Waals surface area contributed by atoms with Crippen molar-refractivity contribution in [2.45, 2.75) is 31.3 Å². The van der Waals surface area contributed by atoms with Crippen molar-refractivity contribution in [3.05, 3.63) is 21.3 Å². The Morgan fingerprint density at radius 3 is 2.88 bits per heavy atom. The second-order valence-corrected chi connectivity index (χ2v) is 6.40. The molecule has 0 bridgehead atoms. The molecule has 2 unspecified atom stereocenters. The highest BCUT2D eigenvalue weighted by molar-refractivity contribution is 7.16. The van der Waals surface area contributed by atoms with Crippen LogP contribution in [0.5, 0.6) is 0 Å². The van der Waals surface area contributed by atoms with E-state index in [0.717, 1.165) is 4.34 Å². The molecule has 1 saturated heterocycles. The van der Waals surface area contributed by atoms with Crippen molar-refractivity contribution in [1.82, 2.24) is 10.2 Å². The average Bonchev–Trinajstić information content (AvgIpc) is 2.84. The lowest BCUT2D eigenvalue weighted by atomic mass is 10.0. The van der Waals surface area contributed by atoms with Gasteiger partial charge in [-0.2, -0.15) is 0 Å². The summed E-state index contributed by atoms with van der Waals surface area (Å²) in [5.41, 5.74) is 0. The number of hydrogen-bond acceptors (Lipinski definition) is 3. The minimum Gasteiger partial charge on any atom is -0.314 e. The van der Waals surface area contributed by atoms with E-state index < -0.39 is 0 Å². The Morgan fingerprint density at radius 1 is 1.56 bits per heavy atom. The summed E-state index contributed by atoms with van der Waals surface area (Å²) in [6, 6.07) is 5.33. The van der Waals surface area contributed by atoms with Gasteiger partial charge in [-0.05, 0) is 52.0 Å². The predicted octanol–water partition coefficient (Wildman–Crippen LogP) is 3.15. The second kappa shape index (κ2) is 5.50. The van der Waals surface area contributed by atoms with Gasteiger partial charge in [0.25, 0.3) is 0 Å². The molecule has 0 amide bonds. The van der Waals surface area contributed by atoms with Gasteiger partial charge < -0.3 is 10.2 Å². The zero-order valence-corrected chi connectivity index (χ0v) is 11.4. The van der Waals surface area contributed by atoms with Crippen molar-refractivity contribution < 1.29 is 0 Å². The largest absolute Gasteiger partial charge is 0.314 e. The number of thiophene rings is 1. The molecule has 2 nitrogen and oxygen atoms in total. The predicted molar refractivity (Wildman–Crippen MR) is 71.4 cm³/mol. The van der Waals surface area contributed by atoms with Gasteiger partial charge in [0.15, 0.2) is 0 Å². The summed E-state index contributed by atoms with van der Waals surface area (Å²) in [6.07, 6.45) is 3.81. The SMILES string of the molecule is CN(C)C(CC1CCCN1)c1ccc(Cl)s1. The third-order valence-corrected chi connectivity index (χ3v) is 4.55. The van der Waals surface area contributed by atoms with Crippen LogP contribution in [0.25, 0.3) is 0 Å². The zero-order chi connectivity index (χ0) is 11.5. The van der Waals surface area contributed by atoms with E-state index in [2.05, 4.69) is 30.4 Å². The summed E-state index contributed by atoms with van der Waals surface area (Å²) in [5.74, 6) is 0. The molecular weight excluding hydrogens is 240 g/mol. The quantitative estimate of drug-likeness (QED) is 0.893. The number of hydrogen-bond donors (Lipinski definition) is 1. The van der Waals surface area contributed by atoms with E-state index in [9.17, 15) is 0 Å². The fraction of sp³-hybridized carbons (Fsp3) is 0.667. The van der Waals surface area contributed by atoms with E-state index >= 15 is 0 Å². The van der Waals surface area contributed by atoms with E-state index in [0.29, 0.717) is 12.1 Å². The Hall–Kier alpha value is -0.0900. The van der Waals surface area contributed by atoms with Gasteiger partial charge in [0, 0.05) is 17.0 Å². The molecule has 0 radical (unpaired) electrons. The first-order valence-electron chi connectivity index (χ1n) is 5.82. The first kappa shape index (κ1) is 12.4. The topological polar surface area (TPSA) is 15.3 Å². The monoisotopic (exact) mass is 258 g/mol. The van der Waals surface area contributed by atoms with Crippen molar-refractivity contribution in [3.63, 3.8) is 0 Å². The van der Waals surface area contributed by atoms with Crippen molar-refractivity contribution in [1.29, 1.82) is 0 Å². The second-order valence-electron chi connectivity index (χ2n) is 4.65. The maximum absolute atomic E-state index is 6.01. The van der Waals surface area contributed by atoms with Crippen LogP contribution in [0, 0.1) is 0 Å². The molecule has 1 N–H and O–H groups in total. The molecule has 1 aliphatic rings. The fourth-order valence-corrected chi connectivity index (χ4v) is 3.59. The molecule has 1 aromatic heterocycles. The molecule has 16 heavy (non-hydrogen) atoms. The molecule has 0 aliphatic carbocycles. The van der Waals surface area contributed by atoms with Crippen LogP contribution in [0.2, 0.25) is 4.34 Å². The molecule has 1 fully saturated rings. The van der Waals surface area contributed by atoms with Crippen molar-refractivity contribution in [2.75, 3.05) is 20.6 Å². The lowest BCUT2D eigenvalue weighted by Crippen LogP contribution is -2.29. The smallest absolute Gasteiger partial charge is 0.0931 e. The van der Waals surface area contributed by atoms with Gasteiger partial charge in [-0.15, -0.1) is 11.3 Å². The van der Waals surface area contributed by atoms with Gasteiger partial charge >= 0.3 is 0 Å². The molecule has 0 aromatic carbocycles. The molecular formula is C12H19ClN2S. The third kappa shape index (κ3) is 2.98. The Bertz CT molecular complexity index is 332. The highest BCUT2D eigenvalue weighted by atomic mass is 35.5. The average molecular weight is 259 g/mol. The molecule has 2 atom stereocenters. The van der Waals surface area contributed by atoms with Crippen LogP contribution in [0.3, 0.4) is 0 Å². The van der Waals surface area contributed by atoms with Gasteiger partial charge in [0.05, 0.1) is 4.34 Å². The highest BCUT2D eigenvalue weighted by Gasteiger charge is 2.23. The maximum atomic E-state index is 6.01. The lowest BCUT2D eigenvalue weighted by Gasteiger charge is -2.26. The fourth-order valence-electron chi connectivity index (χ4n) is 2.32. The molecule has 0 spiro atoms. The van der Waals surface area contributed by atoms with Crippen LogP contribution in [-0.2, 0) is 0 Å². The minimum atomic E-state index is 0.494. The van der Waals surface area contributed by atoms with E-state index in [1.54, 1.807) is 11.3 Å². The van der Waals surface area contributed by atoms with E-state index in [4.69, 9.17) is 11.6 Å². The van der Waals surface area contributed by atoms with E-state index in [1.807, 2.05) is 6.07 Å². The van der Waals surface area contributed by atoms with Crippen LogP contribution in [0.4, 0.5) is 0 Å². The van der Waals surface area contributed by atoms with Crippen molar-refractivity contribution in [3.8, 4) is 0 Å². The number of halogens is 1. The van der Waals surface area contributed by atoms with Gasteiger partial charge in [0.1, 0.15) is 0 Å².